The van der Waals surface area contributed by atoms with Crippen molar-refractivity contribution in [3.05, 3.63) is 47.2 Å². The van der Waals surface area contributed by atoms with Crippen molar-refractivity contribution in [3.8, 4) is 5.75 Å². The second kappa shape index (κ2) is 5.04. The Hall–Kier alpha value is -2.10. The quantitative estimate of drug-likeness (QED) is 0.616. The maximum atomic E-state index is 11.9. The van der Waals surface area contributed by atoms with E-state index in [1.807, 2.05) is 39.0 Å². The standard InChI is InChI=1S/C14H15NO3/c1-4-13-15-11(8-17-13)14(16)18-12-7-9(2)5-6-10(12)3/h5-8H,4H2,1-3H3. The smallest absolute Gasteiger partial charge is 0.365 e. The van der Waals surface area contributed by atoms with Crippen LogP contribution in [0.1, 0.15) is 34.4 Å². The van der Waals surface area contributed by atoms with Crippen molar-refractivity contribution in [2.24, 2.45) is 0 Å². The maximum absolute atomic E-state index is 11.9. The molecule has 0 N–H and O–H groups in total. The van der Waals surface area contributed by atoms with Crippen molar-refractivity contribution < 1.29 is 13.9 Å². The van der Waals surface area contributed by atoms with Gasteiger partial charge in [0.2, 0.25) is 0 Å². The second-order valence-corrected chi connectivity index (χ2v) is 4.14. The number of carbonyl (C=O) groups is 1. The third kappa shape index (κ3) is 2.59. The lowest BCUT2D eigenvalue weighted by Crippen LogP contribution is -2.10. The van der Waals surface area contributed by atoms with Crippen LogP contribution in [0.2, 0.25) is 0 Å². The number of carbonyl (C=O) groups excluding carboxylic acids is 1. The fourth-order valence-electron chi connectivity index (χ4n) is 1.54. The molecule has 0 amide bonds. The van der Waals surface area contributed by atoms with Gasteiger partial charge < -0.3 is 9.15 Å². The summed E-state index contributed by atoms with van der Waals surface area (Å²) < 4.78 is 10.4. The Bertz CT molecular complexity index is 572. The molecule has 1 heterocycles. The zero-order chi connectivity index (χ0) is 13.1. The molecule has 0 aliphatic rings. The first-order valence-electron chi connectivity index (χ1n) is 5.84. The van der Waals surface area contributed by atoms with Crippen molar-refractivity contribution in [3.63, 3.8) is 0 Å². The minimum atomic E-state index is -0.493. The fraction of sp³-hybridized carbons (Fsp3) is 0.286. The topological polar surface area (TPSA) is 52.3 Å². The normalized spacial score (nSPS) is 10.4. The van der Waals surface area contributed by atoms with Crippen LogP contribution in [0.4, 0.5) is 0 Å². The molecule has 0 spiro atoms. The van der Waals surface area contributed by atoms with E-state index >= 15 is 0 Å². The summed E-state index contributed by atoms with van der Waals surface area (Å²) in [5, 5.41) is 0. The van der Waals surface area contributed by atoms with E-state index in [0.717, 1.165) is 11.1 Å². The molecule has 0 unspecified atom stereocenters. The van der Waals surface area contributed by atoms with Gasteiger partial charge in [-0.25, -0.2) is 9.78 Å². The number of aromatic nitrogens is 1. The predicted octanol–water partition coefficient (Wildman–Crippen LogP) is 3.07. The van der Waals surface area contributed by atoms with Gasteiger partial charge in [-0.3, -0.25) is 0 Å². The molecule has 2 aromatic rings. The summed E-state index contributed by atoms with van der Waals surface area (Å²) in [6, 6.07) is 5.71. The maximum Gasteiger partial charge on any atom is 0.365 e. The van der Waals surface area contributed by atoms with Crippen LogP contribution in [0.25, 0.3) is 0 Å². The van der Waals surface area contributed by atoms with Gasteiger partial charge in [-0.15, -0.1) is 0 Å². The Morgan fingerprint density at radius 2 is 2.17 bits per heavy atom. The monoisotopic (exact) mass is 245 g/mol. The minimum absolute atomic E-state index is 0.202. The van der Waals surface area contributed by atoms with Crippen molar-refractivity contribution in [2.75, 3.05) is 0 Å². The van der Waals surface area contributed by atoms with Crippen LogP contribution in [0.5, 0.6) is 5.75 Å². The van der Waals surface area contributed by atoms with Gasteiger partial charge in [0.1, 0.15) is 12.0 Å². The third-order valence-corrected chi connectivity index (χ3v) is 2.61. The molecule has 0 radical (unpaired) electrons. The van der Waals surface area contributed by atoms with Gasteiger partial charge in [0, 0.05) is 6.42 Å². The number of esters is 1. The van der Waals surface area contributed by atoms with Crippen LogP contribution < -0.4 is 4.74 Å². The molecule has 94 valence electrons. The first kappa shape index (κ1) is 12.4. The van der Waals surface area contributed by atoms with E-state index < -0.39 is 5.97 Å². The summed E-state index contributed by atoms with van der Waals surface area (Å²) >= 11 is 0. The number of aryl methyl sites for hydroxylation is 3. The molecule has 1 aromatic heterocycles. The van der Waals surface area contributed by atoms with Gasteiger partial charge in [0.15, 0.2) is 11.6 Å². The molecular formula is C14H15NO3. The van der Waals surface area contributed by atoms with Gasteiger partial charge in [0.25, 0.3) is 0 Å². The number of oxazole rings is 1. The molecule has 0 fully saturated rings. The van der Waals surface area contributed by atoms with E-state index in [1.165, 1.54) is 6.26 Å². The molecule has 0 atom stereocenters. The first-order chi connectivity index (χ1) is 8.60. The van der Waals surface area contributed by atoms with Crippen molar-refractivity contribution in [2.45, 2.75) is 27.2 Å². The van der Waals surface area contributed by atoms with E-state index in [2.05, 4.69) is 4.98 Å². The highest BCUT2D eigenvalue weighted by Gasteiger charge is 2.15. The first-order valence-corrected chi connectivity index (χ1v) is 5.84. The van der Waals surface area contributed by atoms with Gasteiger partial charge in [0.05, 0.1) is 0 Å². The SMILES string of the molecule is CCc1nc(C(=O)Oc2cc(C)ccc2C)co1. The Morgan fingerprint density at radius 3 is 2.83 bits per heavy atom. The highest BCUT2D eigenvalue weighted by atomic mass is 16.5. The molecule has 0 bridgehead atoms. The fourth-order valence-corrected chi connectivity index (χ4v) is 1.54. The number of ether oxygens (including phenoxy) is 1. The molecule has 0 saturated carbocycles. The summed E-state index contributed by atoms with van der Waals surface area (Å²) in [6.45, 7) is 5.75. The van der Waals surface area contributed by atoms with Crippen LogP contribution in [0, 0.1) is 13.8 Å². The molecule has 4 heteroatoms. The molecule has 1 aromatic carbocycles. The number of hydrogen-bond donors (Lipinski definition) is 0. The number of rotatable bonds is 3. The van der Waals surface area contributed by atoms with E-state index in [-0.39, 0.29) is 5.69 Å². The molecule has 18 heavy (non-hydrogen) atoms. The molecule has 2 rings (SSSR count). The highest BCUT2D eigenvalue weighted by Crippen LogP contribution is 2.20. The molecule has 0 saturated heterocycles. The average Bonchev–Trinajstić information content (AvgIpc) is 2.82. The van der Waals surface area contributed by atoms with E-state index in [0.29, 0.717) is 18.1 Å². The van der Waals surface area contributed by atoms with Crippen LogP contribution >= 0.6 is 0 Å². The highest BCUT2D eigenvalue weighted by molar-refractivity contribution is 5.88. The number of nitrogens with zero attached hydrogens (tertiary/aromatic N) is 1. The number of benzene rings is 1. The molecule has 0 aliphatic heterocycles. The summed E-state index contributed by atoms with van der Waals surface area (Å²) in [5.41, 5.74) is 2.15. The van der Waals surface area contributed by atoms with E-state index in [4.69, 9.17) is 9.15 Å². The summed E-state index contributed by atoms with van der Waals surface area (Å²) in [7, 11) is 0. The van der Waals surface area contributed by atoms with Crippen LogP contribution in [-0.4, -0.2) is 11.0 Å². The third-order valence-electron chi connectivity index (χ3n) is 2.61. The van der Waals surface area contributed by atoms with Crippen LogP contribution in [-0.2, 0) is 6.42 Å². The van der Waals surface area contributed by atoms with Gasteiger partial charge in [-0.2, -0.15) is 0 Å². The predicted molar refractivity (Wildman–Crippen MR) is 66.8 cm³/mol. The second-order valence-electron chi connectivity index (χ2n) is 4.14. The number of hydrogen-bond acceptors (Lipinski definition) is 4. The Labute approximate surface area is 106 Å². The Morgan fingerprint density at radius 1 is 1.39 bits per heavy atom. The van der Waals surface area contributed by atoms with E-state index in [9.17, 15) is 4.79 Å². The largest absolute Gasteiger partial charge is 0.448 e. The van der Waals surface area contributed by atoms with Gasteiger partial charge in [-0.1, -0.05) is 19.1 Å². The van der Waals surface area contributed by atoms with Crippen LogP contribution in [0.15, 0.2) is 28.9 Å². The van der Waals surface area contributed by atoms with Crippen LogP contribution in [0.3, 0.4) is 0 Å². The Balaban J connectivity index is 2.18. The van der Waals surface area contributed by atoms with Gasteiger partial charge in [-0.05, 0) is 31.0 Å². The summed E-state index contributed by atoms with van der Waals surface area (Å²) in [5.74, 6) is 0.594. The van der Waals surface area contributed by atoms with Crippen molar-refractivity contribution in [1.29, 1.82) is 0 Å². The Kier molecular flexibility index (Phi) is 3.46. The summed E-state index contributed by atoms with van der Waals surface area (Å²) in [4.78, 5) is 15.9. The van der Waals surface area contributed by atoms with E-state index in [1.54, 1.807) is 0 Å². The molecule has 4 nitrogen and oxygen atoms in total. The average molecular weight is 245 g/mol. The zero-order valence-electron chi connectivity index (χ0n) is 10.7. The lowest BCUT2D eigenvalue weighted by molar-refractivity contribution is 0.0727. The van der Waals surface area contributed by atoms with Crippen molar-refractivity contribution in [1.82, 2.24) is 4.98 Å². The molecular weight excluding hydrogens is 230 g/mol. The molecule has 0 aliphatic carbocycles. The van der Waals surface area contributed by atoms with Gasteiger partial charge >= 0.3 is 5.97 Å². The lowest BCUT2D eigenvalue weighted by atomic mass is 10.1. The lowest BCUT2D eigenvalue weighted by Gasteiger charge is -2.06. The minimum Gasteiger partial charge on any atom is -0.448 e. The zero-order valence-corrected chi connectivity index (χ0v) is 10.7. The van der Waals surface area contributed by atoms with Crippen molar-refractivity contribution >= 4 is 5.97 Å². The summed E-state index contributed by atoms with van der Waals surface area (Å²) in [6.07, 6.45) is 1.98.